The second-order valence-corrected chi connectivity index (χ2v) is 7.22. The number of rotatable bonds is 2. The smallest absolute Gasteiger partial charge is 0.250 e. The van der Waals surface area contributed by atoms with Crippen molar-refractivity contribution >= 4 is 29.3 Å². The van der Waals surface area contributed by atoms with E-state index < -0.39 is 0 Å². The molecule has 32 heavy (non-hydrogen) atoms. The number of nitrogens with one attached hydrogen (secondary N) is 2. The topological polar surface area (TPSA) is 128 Å². The number of nitrogens with two attached hydrogens (primary N) is 1. The molecule has 2 aliphatic heterocycles. The Kier molecular flexibility index (Phi) is 8.06. The van der Waals surface area contributed by atoms with Gasteiger partial charge in [0.25, 0.3) is 23.6 Å². The Bertz CT molecular complexity index is 1040. The summed E-state index contributed by atoms with van der Waals surface area (Å²) >= 11 is 0. The molecule has 0 saturated carbocycles. The van der Waals surface area contributed by atoms with Crippen molar-refractivity contribution in [1.82, 2.24) is 10.6 Å². The number of aryl methyl sites for hydroxylation is 4. The van der Waals surface area contributed by atoms with E-state index in [1.165, 1.54) is 29.9 Å². The van der Waals surface area contributed by atoms with E-state index in [0.717, 1.165) is 33.9 Å². The zero-order valence-electron chi connectivity index (χ0n) is 18.3. The molecule has 4 rings (SSSR count). The number of anilines is 1. The third-order valence-corrected chi connectivity index (χ3v) is 4.33. The van der Waals surface area contributed by atoms with Gasteiger partial charge < -0.3 is 10.5 Å². The van der Waals surface area contributed by atoms with Gasteiger partial charge in [-0.15, -0.1) is 0 Å². The Labute approximate surface area is 186 Å². The fraction of sp³-hybridized carbons (Fsp3) is 0.167. The highest BCUT2D eigenvalue weighted by molar-refractivity contribution is 6.13. The van der Waals surface area contributed by atoms with Gasteiger partial charge in [0.15, 0.2) is 0 Å². The molecule has 0 aliphatic carbocycles. The zero-order valence-corrected chi connectivity index (χ0v) is 18.3. The van der Waals surface area contributed by atoms with Crippen LogP contribution in [0.1, 0.15) is 22.3 Å². The van der Waals surface area contributed by atoms with E-state index in [1.807, 2.05) is 35.8 Å². The molecule has 2 heterocycles. The van der Waals surface area contributed by atoms with Gasteiger partial charge in [-0.3, -0.25) is 29.8 Å². The van der Waals surface area contributed by atoms with E-state index in [4.69, 9.17) is 10.5 Å². The predicted octanol–water partition coefficient (Wildman–Crippen LogP) is 2.69. The second-order valence-electron chi connectivity index (χ2n) is 7.22. The molecule has 0 fully saturated rings. The van der Waals surface area contributed by atoms with Crippen molar-refractivity contribution in [2.45, 2.75) is 27.7 Å². The summed E-state index contributed by atoms with van der Waals surface area (Å²) in [4.78, 5) is 40.1. The Morgan fingerprint density at radius 2 is 1.09 bits per heavy atom. The van der Waals surface area contributed by atoms with Crippen LogP contribution >= 0.6 is 0 Å². The average molecular weight is 435 g/mol. The largest absolute Gasteiger partial charge is 0.457 e. The fourth-order valence-electron chi connectivity index (χ4n) is 2.87. The van der Waals surface area contributed by atoms with Crippen LogP contribution in [-0.2, 0) is 19.2 Å². The number of nitrogen functional groups attached to an aromatic ring is 1. The van der Waals surface area contributed by atoms with Gasteiger partial charge >= 0.3 is 0 Å². The monoisotopic (exact) mass is 435 g/mol. The summed E-state index contributed by atoms with van der Waals surface area (Å²) < 4.78 is 5.98. The summed E-state index contributed by atoms with van der Waals surface area (Å²) in [6, 6.07) is 10.0. The summed E-state index contributed by atoms with van der Waals surface area (Å²) in [5.74, 6) is 0.450. The van der Waals surface area contributed by atoms with Crippen molar-refractivity contribution in [1.29, 1.82) is 0 Å². The summed E-state index contributed by atoms with van der Waals surface area (Å²) in [5, 5.41) is 4.06. The molecule has 2 aliphatic rings. The van der Waals surface area contributed by atoms with Gasteiger partial charge in [0.1, 0.15) is 11.5 Å². The minimum Gasteiger partial charge on any atom is -0.457 e. The van der Waals surface area contributed by atoms with Crippen molar-refractivity contribution in [3.63, 3.8) is 0 Å². The summed E-state index contributed by atoms with van der Waals surface area (Å²) in [6.07, 6.45) is 4.79. The number of carbonyl (C=O) groups is 4. The van der Waals surface area contributed by atoms with E-state index >= 15 is 0 Å². The Morgan fingerprint density at radius 3 is 1.44 bits per heavy atom. The molecule has 2 aromatic carbocycles. The average Bonchev–Trinajstić information content (AvgIpc) is 3.28. The maximum Gasteiger partial charge on any atom is 0.250 e. The van der Waals surface area contributed by atoms with E-state index in [0.29, 0.717) is 0 Å². The van der Waals surface area contributed by atoms with Crippen molar-refractivity contribution < 1.29 is 23.9 Å². The van der Waals surface area contributed by atoms with E-state index in [2.05, 4.69) is 32.9 Å². The lowest BCUT2D eigenvalue weighted by Gasteiger charge is -2.13. The van der Waals surface area contributed by atoms with Gasteiger partial charge in [-0.05, 0) is 62.6 Å². The number of ether oxygens (including phenoxy) is 1. The van der Waals surface area contributed by atoms with Gasteiger partial charge in [-0.25, -0.2) is 0 Å². The molecule has 4 amide bonds. The molecular weight excluding hydrogens is 410 g/mol. The molecule has 0 unspecified atom stereocenters. The molecular formula is C24H25N3O5. The van der Waals surface area contributed by atoms with Crippen molar-refractivity contribution in [3.8, 4) is 11.5 Å². The van der Waals surface area contributed by atoms with Crippen molar-refractivity contribution in [3.05, 3.63) is 76.9 Å². The first-order valence-corrected chi connectivity index (χ1v) is 9.73. The van der Waals surface area contributed by atoms with Crippen LogP contribution in [0.5, 0.6) is 11.5 Å². The number of hydrogen-bond donors (Lipinski definition) is 3. The lowest BCUT2D eigenvalue weighted by atomic mass is 10.1. The summed E-state index contributed by atoms with van der Waals surface area (Å²) in [7, 11) is 0. The Balaban J connectivity index is 0.000000211. The van der Waals surface area contributed by atoms with Crippen LogP contribution in [0, 0.1) is 27.7 Å². The fourth-order valence-corrected chi connectivity index (χ4v) is 2.87. The van der Waals surface area contributed by atoms with Gasteiger partial charge in [-0.2, -0.15) is 0 Å². The van der Waals surface area contributed by atoms with Gasteiger partial charge in [0, 0.05) is 30.0 Å². The first kappa shape index (κ1) is 24.1. The Hall–Kier alpha value is -4.20. The minimum atomic E-state index is -0.329. The third kappa shape index (κ3) is 7.24. The second kappa shape index (κ2) is 10.7. The quantitative estimate of drug-likeness (QED) is 0.492. The number of carbonyl (C=O) groups excluding carboxylic acids is 4. The molecule has 0 bridgehead atoms. The molecule has 0 radical (unpaired) electrons. The molecule has 8 heteroatoms. The molecule has 2 aromatic rings. The molecule has 0 spiro atoms. The summed E-state index contributed by atoms with van der Waals surface area (Å²) in [5.41, 5.74) is 11.2. The number of imide groups is 2. The standard InChI is InChI=1S/C16H19NO.2C4H3NO2/c1-10-7-12(3)16(13(4)8-10)18-14-5-6-15(17)11(2)9-14;2*6-3-1-2-4(7)5-3/h5-9H,17H2,1-4H3;2*1-2H,(H,5,6,7). The van der Waals surface area contributed by atoms with Crippen LogP contribution in [0.15, 0.2) is 54.6 Å². The highest BCUT2D eigenvalue weighted by atomic mass is 16.5. The molecule has 0 atom stereocenters. The van der Waals surface area contributed by atoms with Crippen LogP contribution in [0.3, 0.4) is 0 Å². The van der Waals surface area contributed by atoms with Gasteiger partial charge in [0.2, 0.25) is 0 Å². The highest BCUT2D eigenvalue weighted by Gasteiger charge is 2.08. The maximum absolute atomic E-state index is 10.0. The van der Waals surface area contributed by atoms with E-state index in [9.17, 15) is 19.2 Å². The zero-order chi connectivity index (χ0) is 23.8. The van der Waals surface area contributed by atoms with Crippen LogP contribution < -0.4 is 21.1 Å². The lowest BCUT2D eigenvalue weighted by Crippen LogP contribution is -2.19. The maximum atomic E-state index is 10.0. The molecule has 0 aromatic heterocycles. The van der Waals surface area contributed by atoms with Crippen LogP contribution in [0.25, 0.3) is 0 Å². The SMILES string of the molecule is Cc1cc(C)c(Oc2ccc(N)c(C)c2)c(C)c1.O=C1C=CC(=O)N1.O=C1C=CC(=O)N1. The number of benzene rings is 2. The first-order chi connectivity index (χ1) is 15.0. The van der Waals surface area contributed by atoms with Gasteiger partial charge in [0.05, 0.1) is 0 Å². The molecule has 8 nitrogen and oxygen atoms in total. The van der Waals surface area contributed by atoms with Gasteiger partial charge in [-0.1, -0.05) is 17.7 Å². The van der Waals surface area contributed by atoms with Crippen molar-refractivity contribution in [2.24, 2.45) is 0 Å². The normalized spacial score (nSPS) is 13.6. The minimum absolute atomic E-state index is 0.329. The molecule has 0 saturated heterocycles. The van der Waals surface area contributed by atoms with Crippen LogP contribution in [-0.4, -0.2) is 23.6 Å². The highest BCUT2D eigenvalue weighted by Crippen LogP contribution is 2.31. The lowest BCUT2D eigenvalue weighted by molar-refractivity contribution is -0.125. The number of amides is 4. The molecule has 166 valence electrons. The van der Waals surface area contributed by atoms with E-state index in [-0.39, 0.29) is 23.6 Å². The molecule has 4 N–H and O–H groups in total. The predicted molar refractivity (Wildman–Crippen MR) is 121 cm³/mol. The Morgan fingerprint density at radius 1 is 0.656 bits per heavy atom. The van der Waals surface area contributed by atoms with Crippen molar-refractivity contribution in [2.75, 3.05) is 5.73 Å². The van der Waals surface area contributed by atoms with E-state index in [1.54, 1.807) is 0 Å². The number of hydrogen-bond acceptors (Lipinski definition) is 6. The summed E-state index contributed by atoms with van der Waals surface area (Å²) in [6.45, 7) is 8.22. The van der Waals surface area contributed by atoms with Crippen LogP contribution in [0.4, 0.5) is 5.69 Å². The van der Waals surface area contributed by atoms with Crippen LogP contribution in [0.2, 0.25) is 0 Å². The third-order valence-electron chi connectivity index (χ3n) is 4.33. The first-order valence-electron chi connectivity index (χ1n) is 9.73.